The maximum atomic E-state index is 5.46. The van der Waals surface area contributed by atoms with Crippen LogP contribution in [-0.2, 0) is 4.74 Å². The monoisotopic (exact) mass is 225 g/mol. The number of hydrogen-bond donors (Lipinski definition) is 1. The van der Waals surface area contributed by atoms with Gasteiger partial charge >= 0.3 is 0 Å². The molecule has 0 saturated carbocycles. The minimum atomic E-state index is 0.602. The predicted molar refractivity (Wildman–Crippen MR) is 62.8 cm³/mol. The number of rotatable bonds is 8. The van der Waals surface area contributed by atoms with Crippen molar-refractivity contribution in [1.29, 1.82) is 0 Å². The molecule has 0 aliphatic carbocycles. The zero-order valence-corrected chi connectivity index (χ0v) is 9.90. The molecule has 1 aromatic rings. The first kappa shape index (κ1) is 12.7. The van der Waals surface area contributed by atoms with Crippen LogP contribution in [0, 0.1) is 0 Å². The Morgan fingerprint density at radius 1 is 1.38 bits per heavy atom. The Morgan fingerprint density at radius 3 is 3.00 bits per heavy atom. The zero-order chi connectivity index (χ0) is 11.6. The molecule has 0 aliphatic heterocycles. The van der Waals surface area contributed by atoms with Crippen molar-refractivity contribution in [2.45, 2.75) is 19.8 Å². The van der Waals surface area contributed by atoms with Crippen molar-refractivity contribution in [3.05, 3.63) is 12.3 Å². The molecule has 0 aliphatic rings. The van der Waals surface area contributed by atoms with E-state index in [1.807, 2.05) is 0 Å². The first-order valence-electron chi connectivity index (χ1n) is 5.55. The zero-order valence-electron chi connectivity index (χ0n) is 9.90. The summed E-state index contributed by atoms with van der Waals surface area (Å²) in [5, 5.41) is 3.11. The van der Waals surface area contributed by atoms with Crippen molar-refractivity contribution < 1.29 is 9.47 Å². The molecule has 90 valence electrons. The first-order valence-corrected chi connectivity index (χ1v) is 5.55. The molecule has 0 unspecified atom stereocenters. The van der Waals surface area contributed by atoms with Crippen LogP contribution in [0.2, 0.25) is 0 Å². The number of nitrogens with one attached hydrogen (secondary N) is 1. The molecule has 1 N–H and O–H groups in total. The molecule has 0 saturated heterocycles. The van der Waals surface area contributed by atoms with Gasteiger partial charge in [-0.05, 0) is 6.42 Å². The molecule has 1 rings (SSSR count). The van der Waals surface area contributed by atoms with Crippen molar-refractivity contribution in [2.75, 3.05) is 32.2 Å². The molecule has 1 heterocycles. The molecule has 0 bridgehead atoms. The number of aromatic nitrogens is 2. The highest BCUT2D eigenvalue weighted by molar-refractivity contribution is 5.27. The highest BCUT2D eigenvalue weighted by Crippen LogP contribution is 2.08. The van der Waals surface area contributed by atoms with Crippen molar-refractivity contribution in [1.82, 2.24) is 9.97 Å². The van der Waals surface area contributed by atoms with Crippen LogP contribution in [0.3, 0.4) is 0 Å². The third-order valence-corrected chi connectivity index (χ3v) is 1.91. The lowest BCUT2D eigenvalue weighted by atomic mass is 10.5. The van der Waals surface area contributed by atoms with E-state index in [-0.39, 0.29) is 0 Å². The van der Waals surface area contributed by atoms with Crippen LogP contribution in [0.4, 0.5) is 5.95 Å². The Kier molecular flexibility index (Phi) is 6.25. The normalized spacial score (nSPS) is 10.1. The highest BCUT2D eigenvalue weighted by Gasteiger charge is 1.98. The summed E-state index contributed by atoms with van der Waals surface area (Å²) in [6, 6.07) is 1.75. The summed E-state index contributed by atoms with van der Waals surface area (Å²) in [5.74, 6) is 1.22. The predicted octanol–water partition coefficient (Wildman–Crippen LogP) is 1.71. The van der Waals surface area contributed by atoms with E-state index >= 15 is 0 Å². The molecule has 0 radical (unpaired) electrons. The number of methoxy groups -OCH3 is 1. The maximum absolute atomic E-state index is 5.46. The molecule has 1 aromatic heterocycles. The summed E-state index contributed by atoms with van der Waals surface area (Å²) in [6.07, 6.45) is 3.59. The average Bonchev–Trinajstić information content (AvgIpc) is 2.33. The Bertz CT molecular complexity index is 294. The number of ether oxygens (including phenoxy) is 2. The molecule has 16 heavy (non-hydrogen) atoms. The van der Waals surface area contributed by atoms with Crippen LogP contribution in [0.25, 0.3) is 0 Å². The number of anilines is 1. The molecule has 5 nitrogen and oxygen atoms in total. The van der Waals surface area contributed by atoms with Crippen molar-refractivity contribution in [3.63, 3.8) is 0 Å². The fourth-order valence-electron chi connectivity index (χ4n) is 1.12. The molecule has 0 fully saturated rings. The Labute approximate surface area is 96.2 Å². The first-order chi connectivity index (χ1) is 7.86. The van der Waals surface area contributed by atoms with E-state index in [0.717, 1.165) is 19.4 Å². The minimum absolute atomic E-state index is 0.602. The van der Waals surface area contributed by atoms with Gasteiger partial charge in [0.15, 0.2) is 0 Å². The van der Waals surface area contributed by atoms with E-state index < -0.39 is 0 Å². The van der Waals surface area contributed by atoms with Gasteiger partial charge in [-0.2, -0.15) is 4.98 Å². The van der Waals surface area contributed by atoms with Gasteiger partial charge in [-0.1, -0.05) is 6.92 Å². The van der Waals surface area contributed by atoms with Gasteiger partial charge in [-0.15, -0.1) is 0 Å². The van der Waals surface area contributed by atoms with E-state index in [9.17, 15) is 0 Å². The second-order valence-corrected chi connectivity index (χ2v) is 3.34. The molecule has 5 heteroatoms. The van der Waals surface area contributed by atoms with Gasteiger partial charge in [0.25, 0.3) is 0 Å². The van der Waals surface area contributed by atoms with E-state index in [1.165, 1.54) is 0 Å². The van der Waals surface area contributed by atoms with Gasteiger partial charge in [-0.3, -0.25) is 0 Å². The summed E-state index contributed by atoms with van der Waals surface area (Å²) in [6.45, 7) is 4.27. The van der Waals surface area contributed by atoms with Crippen LogP contribution < -0.4 is 10.1 Å². The van der Waals surface area contributed by atoms with Crippen LogP contribution in [0.15, 0.2) is 12.3 Å². The number of nitrogens with zero attached hydrogens (tertiary/aromatic N) is 2. The van der Waals surface area contributed by atoms with E-state index in [4.69, 9.17) is 9.47 Å². The Morgan fingerprint density at radius 2 is 2.25 bits per heavy atom. The van der Waals surface area contributed by atoms with Gasteiger partial charge < -0.3 is 14.8 Å². The van der Waals surface area contributed by atoms with Crippen LogP contribution >= 0.6 is 0 Å². The molecular weight excluding hydrogens is 206 g/mol. The van der Waals surface area contributed by atoms with Crippen molar-refractivity contribution in [2.24, 2.45) is 0 Å². The molecular formula is C11H19N3O2. The quantitative estimate of drug-likeness (QED) is 0.683. The lowest BCUT2D eigenvalue weighted by Gasteiger charge is -2.06. The third-order valence-electron chi connectivity index (χ3n) is 1.91. The van der Waals surface area contributed by atoms with E-state index in [0.29, 0.717) is 25.0 Å². The van der Waals surface area contributed by atoms with Gasteiger partial charge in [0.2, 0.25) is 11.8 Å². The average molecular weight is 225 g/mol. The smallest absolute Gasteiger partial charge is 0.225 e. The van der Waals surface area contributed by atoms with Crippen LogP contribution in [0.1, 0.15) is 19.8 Å². The van der Waals surface area contributed by atoms with Gasteiger partial charge in [0.1, 0.15) is 0 Å². The second kappa shape index (κ2) is 7.87. The van der Waals surface area contributed by atoms with Gasteiger partial charge in [-0.25, -0.2) is 4.98 Å². The Balaban J connectivity index is 2.35. The standard InChI is InChI=1S/C11H19N3O2/c1-3-6-12-11-13-7-5-10(14-11)16-9-4-8-15-2/h5,7H,3-4,6,8-9H2,1-2H3,(H,12,13,14). The second-order valence-electron chi connectivity index (χ2n) is 3.34. The molecule has 0 atom stereocenters. The summed E-state index contributed by atoms with van der Waals surface area (Å²) in [7, 11) is 1.68. The SMILES string of the molecule is CCCNc1nccc(OCCCOC)n1. The maximum Gasteiger partial charge on any atom is 0.225 e. The molecule has 0 aromatic carbocycles. The Hall–Kier alpha value is -1.36. The summed E-state index contributed by atoms with van der Waals surface area (Å²) in [5.41, 5.74) is 0. The highest BCUT2D eigenvalue weighted by atomic mass is 16.5. The third kappa shape index (κ3) is 4.93. The van der Waals surface area contributed by atoms with Crippen LogP contribution in [0.5, 0.6) is 5.88 Å². The van der Waals surface area contributed by atoms with E-state index in [2.05, 4.69) is 22.2 Å². The summed E-state index contributed by atoms with van der Waals surface area (Å²) < 4.78 is 10.4. The van der Waals surface area contributed by atoms with Crippen molar-refractivity contribution in [3.8, 4) is 5.88 Å². The van der Waals surface area contributed by atoms with Gasteiger partial charge in [0.05, 0.1) is 6.61 Å². The topological polar surface area (TPSA) is 56.3 Å². The van der Waals surface area contributed by atoms with Gasteiger partial charge in [0, 0.05) is 38.9 Å². The minimum Gasteiger partial charge on any atom is -0.477 e. The number of hydrogen-bond acceptors (Lipinski definition) is 5. The largest absolute Gasteiger partial charge is 0.477 e. The fraction of sp³-hybridized carbons (Fsp3) is 0.636. The molecule has 0 spiro atoms. The summed E-state index contributed by atoms with van der Waals surface area (Å²) >= 11 is 0. The molecule has 0 amide bonds. The van der Waals surface area contributed by atoms with E-state index in [1.54, 1.807) is 19.4 Å². The summed E-state index contributed by atoms with van der Waals surface area (Å²) in [4.78, 5) is 8.32. The lowest BCUT2D eigenvalue weighted by molar-refractivity contribution is 0.170. The fourth-order valence-corrected chi connectivity index (χ4v) is 1.12. The van der Waals surface area contributed by atoms with Crippen LogP contribution in [-0.4, -0.2) is 36.8 Å². The lowest BCUT2D eigenvalue weighted by Crippen LogP contribution is -2.07. The van der Waals surface area contributed by atoms with Crippen molar-refractivity contribution >= 4 is 5.95 Å².